The molecule has 22 heavy (non-hydrogen) atoms. The van der Waals surface area contributed by atoms with E-state index < -0.39 is 5.60 Å². The molecule has 0 aliphatic heterocycles. The molecule has 1 heteroatoms. The van der Waals surface area contributed by atoms with Crippen molar-refractivity contribution in [1.29, 1.82) is 0 Å². The number of fused-ring (bicyclic) bond motifs is 1. The van der Waals surface area contributed by atoms with Crippen LogP contribution in [0.3, 0.4) is 0 Å². The fourth-order valence-electron chi connectivity index (χ4n) is 3.71. The largest absolute Gasteiger partial charge is 0.385 e. The molecular weight excluding hydrogens is 268 g/mol. The van der Waals surface area contributed by atoms with Crippen LogP contribution in [0, 0.1) is 0 Å². The zero-order valence-corrected chi connectivity index (χ0v) is 12.6. The first-order valence-electron chi connectivity index (χ1n) is 8.07. The van der Waals surface area contributed by atoms with Crippen molar-refractivity contribution in [2.75, 3.05) is 0 Å². The highest BCUT2D eigenvalue weighted by Crippen LogP contribution is 2.44. The molecule has 3 aromatic carbocycles. The van der Waals surface area contributed by atoms with Crippen molar-refractivity contribution < 1.29 is 5.11 Å². The van der Waals surface area contributed by atoms with Gasteiger partial charge in [0, 0.05) is 0 Å². The average molecular weight is 288 g/mol. The number of rotatable bonds is 2. The third kappa shape index (κ3) is 2.22. The van der Waals surface area contributed by atoms with E-state index in [1.807, 2.05) is 6.07 Å². The predicted octanol–water partition coefficient (Wildman–Crippen LogP) is 5.27. The van der Waals surface area contributed by atoms with Gasteiger partial charge in [0.15, 0.2) is 0 Å². The minimum Gasteiger partial charge on any atom is -0.385 e. The molecular formula is C21H20O. The van der Waals surface area contributed by atoms with Crippen molar-refractivity contribution in [3.63, 3.8) is 0 Å². The van der Waals surface area contributed by atoms with Crippen molar-refractivity contribution in [3.05, 3.63) is 72.3 Å². The molecule has 0 saturated heterocycles. The van der Waals surface area contributed by atoms with Gasteiger partial charge in [-0.25, -0.2) is 0 Å². The third-order valence-corrected chi connectivity index (χ3v) is 4.90. The Bertz CT molecular complexity index is 799. The molecule has 3 aromatic rings. The topological polar surface area (TPSA) is 20.2 Å². The maximum atomic E-state index is 11.2. The lowest BCUT2D eigenvalue weighted by Crippen LogP contribution is -2.22. The molecule has 0 aromatic heterocycles. The Morgan fingerprint density at radius 3 is 2.00 bits per heavy atom. The summed E-state index contributed by atoms with van der Waals surface area (Å²) in [7, 11) is 0. The second-order valence-electron chi connectivity index (χ2n) is 6.35. The van der Waals surface area contributed by atoms with Crippen LogP contribution < -0.4 is 0 Å². The molecule has 0 bridgehead atoms. The molecule has 0 unspecified atom stereocenters. The van der Waals surface area contributed by atoms with Crippen molar-refractivity contribution >= 4 is 10.8 Å². The molecule has 0 atom stereocenters. The first-order chi connectivity index (χ1) is 10.8. The second-order valence-corrected chi connectivity index (χ2v) is 6.35. The smallest absolute Gasteiger partial charge is 0.0902 e. The molecule has 0 spiro atoms. The summed E-state index contributed by atoms with van der Waals surface area (Å²) in [6.07, 6.45) is 3.95. The second kappa shape index (κ2) is 5.26. The predicted molar refractivity (Wildman–Crippen MR) is 91.7 cm³/mol. The summed E-state index contributed by atoms with van der Waals surface area (Å²) in [5.74, 6) is 0. The van der Waals surface area contributed by atoms with E-state index in [-0.39, 0.29) is 0 Å². The van der Waals surface area contributed by atoms with Crippen LogP contribution in [0.5, 0.6) is 0 Å². The summed E-state index contributed by atoms with van der Waals surface area (Å²) in [4.78, 5) is 0. The Morgan fingerprint density at radius 2 is 1.32 bits per heavy atom. The first-order valence-corrected chi connectivity index (χ1v) is 8.07. The van der Waals surface area contributed by atoms with Crippen LogP contribution in [-0.2, 0) is 5.60 Å². The van der Waals surface area contributed by atoms with E-state index in [1.165, 1.54) is 21.9 Å². The Balaban J connectivity index is 2.00. The Kier molecular flexibility index (Phi) is 3.24. The van der Waals surface area contributed by atoms with E-state index >= 15 is 0 Å². The van der Waals surface area contributed by atoms with E-state index in [9.17, 15) is 5.11 Å². The molecule has 1 N–H and O–H groups in total. The average Bonchev–Trinajstić information content (AvgIpc) is 3.02. The highest BCUT2D eigenvalue weighted by molar-refractivity contribution is 5.89. The Hall–Kier alpha value is -2.12. The van der Waals surface area contributed by atoms with Gasteiger partial charge in [0.1, 0.15) is 0 Å². The van der Waals surface area contributed by atoms with Crippen molar-refractivity contribution in [2.24, 2.45) is 0 Å². The number of benzene rings is 3. The quantitative estimate of drug-likeness (QED) is 0.681. The number of aliphatic hydroxyl groups is 1. The van der Waals surface area contributed by atoms with Gasteiger partial charge in [-0.15, -0.1) is 0 Å². The lowest BCUT2D eigenvalue weighted by Gasteiger charge is -2.26. The fraction of sp³-hybridized carbons (Fsp3) is 0.238. The van der Waals surface area contributed by atoms with Gasteiger partial charge in [-0.2, -0.15) is 0 Å². The van der Waals surface area contributed by atoms with Gasteiger partial charge in [0.05, 0.1) is 5.60 Å². The van der Waals surface area contributed by atoms with E-state index in [1.54, 1.807) is 0 Å². The summed E-state index contributed by atoms with van der Waals surface area (Å²) in [6, 6.07) is 23.3. The van der Waals surface area contributed by atoms with Gasteiger partial charge in [-0.1, -0.05) is 67.4 Å². The summed E-state index contributed by atoms with van der Waals surface area (Å²) in [6.45, 7) is 0. The van der Waals surface area contributed by atoms with Crippen molar-refractivity contribution in [2.45, 2.75) is 31.3 Å². The Morgan fingerprint density at radius 1 is 0.727 bits per heavy atom. The maximum Gasteiger partial charge on any atom is 0.0902 e. The minimum atomic E-state index is -0.671. The third-order valence-electron chi connectivity index (χ3n) is 4.90. The molecule has 1 aliphatic carbocycles. The van der Waals surface area contributed by atoms with Gasteiger partial charge in [-0.05, 0) is 52.4 Å². The summed E-state index contributed by atoms with van der Waals surface area (Å²) < 4.78 is 0. The van der Waals surface area contributed by atoms with Crippen LogP contribution in [0.4, 0.5) is 0 Å². The van der Waals surface area contributed by atoms with Crippen LogP contribution in [0.25, 0.3) is 21.9 Å². The molecule has 1 fully saturated rings. The van der Waals surface area contributed by atoms with Crippen LogP contribution in [0.2, 0.25) is 0 Å². The summed E-state index contributed by atoms with van der Waals surface area (Å²) in [5, 5.41) is 13.6. The lowest BCUT2D eigenvalue weighted by atomic mass is 9.84. The van der Waals surface area contributed by atoms with Gasteiger partial charge in [-0.3, -0.25) is 0 Å². The lowest BCUT2D eigenvalue weighted by molar-refractivity contribution is 0.0452. The highest BCUT2D eigenvalue weighted by atomic mass is 16.3. The van der Waals surface area contributed by atoms with Crippen LogP contribution in [-0.4, -0.2) is 5.11 Å². The molecule has 4 rings (SSSR count). The van der Waals surface area contributed by atoms with E-state index in [2.05, 4.69) is 60.7 Å². The van der Waals surface area contributed by atoms with Crippen LogP contribution in [0.1, 0.15) is 31.2 Å². The zero-order valence-electron chi connectivity index (χ0n) is 12.6. The maximum absolute atomic E-state index is 11.2. The standard InChI is InChI=1S/C21H20O/c22-21(12-6-7-13-21)20-15-18-11-5-4-10-17(18)14-19(20)16-8-2-1-3-9-16/h1-5,8-11,14-15,22H,6-7,12-13H2. The summed E-state index contributed by atoms with van der Waals surface area (Å²) in [5.41, 5.74) is 2.78. The summed E-state index contributed by atoms with van der Waals surface area (Å²) >= 11 is 0. The zero-order chi connectivity index (χ0) is 15.0. The molecule has 110 valence electrons. The van der Waals surface area contributed by atoms with Gasteiger partial charge >= 0.3 is 0 Å². The first kappa shape index (κ1) is 13.5. The van der Waals surface area contributed by atoms with E-state index in [4.69, 9.17) is 0 Å². The van der Waals surface area contributed by atoms with Crippen molar-refractivity contribution in [1.82, 2.24) is 0 Å². The fourth-order valence-corrected chi connectivity index (χ4v) is 3.71. The van der Waals surface area contributed by atoms with E-state index in [0.717, 1.165) is 31.2 Å². The normalized spacial score (nSPS) is 17.0. The molecule has 0 radical (unpaired) electrons. The SMILES string of the molecule is OC1(c2cc3ccccc3cc2-c2ccccc2)CCCC1. The molecule has 0 heterocycles. The number of hydrogen-bond acceptors (Lipinski definition) is 1. The Labute approximate surface area is 131 Å². The monoisotopic (exact) mass is 288 g/mol. The molecule has 1 nitrogen and oxygen atoms in total. The van der Waals surface area contributed by atoms with Crippen LogP contribution >= 0.6 is 0 Å². The van der Waals surface area contributed by atoms with Gasteiger partial charge in [0.25, 0.3) is 0 Å². The molecule has 1 saturated carbocycles. The van der Waals surface area contributed by atoms with E-state index in [0.29, 0.717) is 0 Å². The molecule has 1 aliphatic rings. The number of hydrogen-bond donors (Lipinski definition) is 1. The van der Waals surface area contributed by atoms with Crippen LogP contribution in [0.15, 0.2) is 66.7 Å². The molecule has 0 amide bonds. The minimum absolute atomic E-state index is 0.671. The van der Waals surface area contributed by atoms with Gasteiger partial charge < -0.3 is 5.11 Å². The van der Waals surface area contributed by atoms with Gasteiger partial charge in [0.2, 0.25) is 0 Å². The highest BCUT2D eigenvalue weighted by Gasteiger charge is 2.35. The van der Waals surface area contributed by atoms with Crippen molar-refractivity contribution in [3.8, 4) is 11.1 Å².